The van der Waals surface area contributed by atoms with E-state index in [1.165, 1.54) is 37.6 Å². The molecule has 1 aromatic carbocycles. The molecule has 0 saturated heterocycles. The van der Waals surface area contributed by atoms with E-state index >= 15 is 0 Å². The second kappa shape index (κ2) is 7.57. The zero-order valence-electron chi connectivity index (χ0n) is 13.4. The van der Waals surface area contributed by atoms with Crippen molar-refractivity contribution < 1.29 is 0 Å². The lowest BCUT2D eigenvalue weighted by atomic mass is 9.88. The van der Waals surface area contributed by atoms with Crippen molar-refractivity contribution in [3.8, 4) is 0 Å². The predicted molar refractivity (Wildman–Crippen MR) is 90.6 cm³/mol. The maximum Gasteiger partial charge on any atom is 0.101 e. The summed E-state index contributed by atoms with van der Waals surface area (Å²) in [5.41, 5.74) is 4.80. The second-order valence-electron chi connectivity index (χ2n) is 6.54. The average Bonchev–Trinajstić information content (AvgIpc) is 2.34. The Morgan fingerprint density at radius 1 is 1.16 bits per heavy atom. The molecule has 0 saturated carbocycles. The number of hydrogen-bond acceptors (Lipinski definition) is 0. The van der Waals surface area contributed by atoms with Crippen LogP contribution in [0.15, 0.2) is 24.3 Å². The third kappa shape index (κ3) is 5.67. The Morgan fingerprint density at radius 2 is 1.89 bits per heavy atom. The Labute approximate surface area is 120 Å². The maximum atomic E-state index is 2.33. The Balaban J connectivity index is 3.07. The lowest BCUT2D eigenvalue weighted by Crippen LogP contribution is -2.01. The molecule has 0 nitrogen and oxygen atoms in total. The molecule has 0 aliphatic heterocycles. The van der Waals surface area contributed by atoms with E-state index in [1.54, 1.807) is 11.1 Å². The van der Waals surface area contributed by atoms with E-state index in [1.807, 2.05) is 0 Å². The molecule has 0 aromatic heterocycles. The van der Waals surface area contributed by atoms with Crippen molar-refractivity contribution in [1.82, 2.24) is 0 Å². The highest BCUT2D eigenvalue weighted by Gasteiger charge is 2.08. The van der Waals surface area contributed by atoms with E-state index < -0.39 is 0 Å². The first-order valence-electron chi connectivity index (χ1n) is 7.78. The van der Waals surface area contributed by atoms with Gasteiger partial charge in [0.2, 0.25) is 0 Å². The molecule has 0 bridgehead atoms. The van der Waals surface area contributed by atoms with Gasteiger partial charge in [-0.2, -0.15) is 0 Å². The van der Waals surface area contributed by atoms with Crippen LogP contribution >= 0.6 is 0 Å². The maximum absolute atomic E-state index is 2.33. The molecule has 0 heterocycles. The second-order valence-corrected chi connectivity index (χ2v) is 6.54. The first-order valence-corrected chi connectivity index (χ1v) is 7.78. The molecule has 0 fully saturated rings. The van der Waals surface area contributed by atoms with Crippen molar-refractivity contribution in [2.45, 2.75) is 59.7 Å². The molecule has 19 heavy (non-hydrogen) atoms. The van der Waals surface area contributed by atoms with E-state index in [0.717, 1.165) is 0 Å². The minimum Gasteiger partial charge on any atom is -0.0785 e. The van der Waals surface area contributed by atoms with Gasteiger partial charge in [0.1, 0.15) is 7.85 Å². The Kier molecular flexibility index (Phi) is 6.41. The smallest absolute Gasteiger partial charge is 0.0785 e. The van der Waals surface area contributed by atoms with Crippen LogP contribution in [0.2, 0.25) is 6.32 Å². The van der Waals surface area contributed by atoms with Crippen LogP contribution in [0.1, 0.15) is 57.2 Å². The van der Waals surface area contributed by atoms with Crippen molar-refractivity contribution >= 4 is 13.9 Å². The minimum atomic E-state index is 0.253. The van der Waals surface area contributed by atoms with Crippen LogP contribution in [-0.2, 0) is 12.8 Å². The highest BCUT2D eigenvalue weighted by Crippen LogP contribution is 2.23. The van der Waals surface area contributed by atoms with Crippen molar-refractivity contribution in [2.24, 2.45) is 5.41 Å². The summed E-state index contributed by atoms with van der Waals surface area (Å²) in [5.74, 6) is 0. The van der Waals surface area contributed by atoms with E-state index in [2.05, 4.69) is 65.9 Å². The minimum absolute atomic E-state index is 0.253. The van der Waals surface area contributed by atoms with Crippen molar-refractivity contribution in [2.75, 3.05) is 0 Å². The number of benzene rings is 1. The Hall–Kier alpha value is -0.975. The number of allylic oxidation sites excluding steroid dienone is 1. The largest absolute Gasteiger partial charge is 0.101 e. The molecule has 0 aliphatic rings. The van der Waals surface area contributed by atoms with Crippen LogP contribution in [-0.4, -0.2) is 7.85 Å². The molecule has 1 heteroatoms. The van der Waals surface area contributed by atoms with Crippen LogP contribution in [0.3, 0.4) is 0 Å². The highest BCUT2D eigenvalue weighted by molar-refractivity contribution is 6.08. The van der Waals surface area contributed by atoms with Crippen molar-refractivity contribution in [3.05, 3.63) is 41.0 Å². The van der Waals surface area contributed by atoms with Gasteiger partial charge in [0, 0.05) is 0 Å². The van der Waals surface area contributed by atoms with Crippen LogP contribution in [0.5, 0.6) is 0 Å². The van der Waals surface area contributed by atoms with Gasteiger partial charge >= 0.3 is 0 Å². The Morgan fingerprint density at radius 3 is 2.47 bits per heavy atom. The van der Waals surface area contributed by atoms with Crippen molar-refractivity contribution in [3.63, 3.8) is 0 Å². The van der Waals surface area contributed by atoms with E-state index in [0.29, 0.717) is 0 Å². The van der Waals surface area contributed by atoms with E-state index in [9.17, 15) is 0 Å². The fourth-order valence-electron chi connectivity index (χ4n) is 2.31. The summed E-state index contributed by atoms with van der Waals surface area (Å²) in [6.45, 7) is 9.04. The Bertz CT molecular complexity index is 410. The summed E-state index contributed by atoms with van der Waals surface area (Å²) in [4.78, 5) is 0. The molecule has 0 atom stereocenters. The summed E-state index contributed by atoms with van der Waals surface area (Å²) < 4.78 is 0. The highest BCUT2D eigenvalue weighted by atomic mass is 14.1. The molecule has 0 unspecified atom stereocenters. The van der Waals surface area contributed by atoms with Gasteiger partial charge in [-0.3, -0.25) is 0 Å². The fourth-order valence-corrected chi connectivity index (χ4v) is 2.31. The topological polar surface area (TPSA) is 0 Å². The lowest BCUT2D eigenvalue weighted by Gasteiger charge is -2.15. The van der Waals surface area contributed by atoms with Crippen LogP contribution in [0.4, 0.5) is 0 Å². The molecule has 0 amide bonds. The van der Waals surface area contributed by atoms with Crippen molar-refractivity contribution in [1.29, 1.82) is 0 Å². The molecule has 0 radical (unpaired) electrons. The van der Waals surface area contributed by atoms with Crippen LogP contribution in [0.25, 0.3) is 6.08 Å². The van der Waals surface area contributed by atoms with Gasteiger partial charge in [-0.15, -0.1) is 0 Å². The molecule has 0 aliphatic carbocycles. The number of hydrogen-bond donors (Lipinski definition) is 0. The van der Waals surface area contributed by atoms with Gasteiger partial charge in [-0.05, 0) is 41.4 Å². The zero-order valence-corrected chi connectivity index (χ0v) is 13.4. The first-order chi connectivity index (χ1) is 8.98. The quantitative estimate of drug-likeness (QED) is 0.648. The summed E-state index contributed by atoms with van der Waals surface area (Å²) in [6.07, 6.45) is 10.9. The van der Waals surface area contributed by atoms with E-state index in [-0.39, 0.29) is 5.41 Å². The van der Waals surface area contributed by atoms with Crippen LogP contribution in [0, 0.1) is 5.41 Å². The van der Waals surface area contributed by atoms with Crippen LogP contribution < -0.4 is 0 Å². The molecule has 0 N–H and O–H groups in total. The number of rotatable bonds is 6. The lowest BCUT2D eigenvalue weighted by molar-refractivity contribution is 0.547. The molecule has 1 rings (SSSR count). The van der Waals surface area contributed by atoms with Gasteiger partial charge in [0.15, 0.2) is 0 Å². The summed E-state index contributed by atoms with van der Waals surface area (Å²) >= 11 is 0. The van der Waals surface area contributed by atoms with E-state index in [4.69, 9.17) is 0 Å². The number of aryl methyl sites for hydroxylation is 1. The molecule has 1 aromatic rings. The predicted octanol–water partition coefficient (Wildman–Crippen LogP) is 4.68. The third-order valence-corrected chi connectivity index (χ3v) is 3.37. The summed E-state index contributed by atoms with van der Waals surface area (Å²) in [5, 5.41) is 0. The monoisotopic (exact) mass is 256 g/mol. The van der Waals surface area contributed by atoms with Gasteiger partial charge in [-0.25, -0.2) is 0 Å². The standard InChI is InChI=1S/C18H29B/c1-5-6-10-17-15(11-13-18(2,3)4)8-7-9-16(17)12-14-19/h7-9,11,13H,5-6,10,12,14,19H2,1-4H3/b13-11+. The average molecular weight is 256 g/mol. The molecule has 0 spiro atoms. The van der Waals surface area contributed by atoms with Gasteiger partial charge in [0.25, 0.3) is 0 Å². The third-order valence-electron chi connectivity index (χ3n) is 3.37. The van der Waals surface area contributed by atoms with Gasteiger partial charge < -0.3 is 0 Å². The zero-order chi connectivity index (χ0) is 14.3. The fraction of sp³-hybridized carbons (Fsp3) is 0.556. The molecule has 104 valence electrons. The van der Waals surface area contributed by atoms with Gasteiger partial charge in [0.05, 0.1) is 0 Å². The summed E-state index contributed by atoms with van der Waals surface area (Å²) in [6, 6.07) is 6.79. The van der Waals surface area contributed by atoms with Gasteiger partial charge in [-0.1, -0.05) is 70.8 Å². The first kappa shape index (κ1) is 16.1. The summed E-state index contributed by atoms with van der Waals surface area (Å²) in [7, 11) is 2.27. The normalized spacial score (nSPS) is 12.2. The SMILES string of the molecule is BCCc1cccc(/C=C/C(C)(C)C)c1CCCC. The molecular formula is C18H29B. The molecular weight excluding hydrogens is 227 g/mol. The number of unbranched alkanes of at least 4 members (excludes halogenated alkanes) is 1.